The van der Waals surface area contributed by atoms with Crippen LogP contribution in [0.15, 0.2) is 12.3 Å². The van der Waals surface area contributed by atoms with Crippen LogP contribution in [0, 0.1) is 5.92 Å². The largest absolute Gasteiger partial charge is 0.408 e. The summed E-state index contributed by atoms with van der Waals surface area (Å²) in [6.45, 7) is 0. The van der Waals surface area contributed by atoms with Crippen LogP contribution in [-0.4, -0.2) is 68.2 Å². The number of hydrogen-bond donors (Lipinski definition) is 3. The summed E-state index contributed by atoms with van der Waals surface area (Å²) in [5.41, 5.74) is -0.892. The average molecular weight is 600 g/mol. The van der Waals surface area contributed by atoms with Crippen LogP contribution in [-0.2, 0) is 0 Å². The Labute approximate surface area is 236 Å². The molecule has 0 unspecified atom stereocenters. The first-order chi connectivity index (χ1) is 19.5. The average Bonchev–Trinajstić information content (AvgIpc) is 3.23. The summed E-state index contributed by atoms with van der Waals surface area (Å²) < 4.78 is 69.5. The van der Waals surface area contributed by atoms with Gasteiger partial charge in [0.25, 0.3) is 18.2 Å². The van der Waals surface area contributed by atoms with Gasteiger partial charge < -0.3 is 20.6 Å². The summed E-state index contributed by atoms with van der Waals surface area (Å²) in [5, 5.41) is 14.8. The predicted molar refractivity (Wildman–Crippen MR) is 140 cm³/mol. The highest BCUT2D eigenvalue weighted by Gasteiger charge is 2.49. The summed E-state index contributed by atoms with van der Waals surface area (Å²) in [5.74, 6) is -2.02. The van der Waals surface area contributed by atoms with Gasteiger partial charge in [-0.25, -0.2) is 18.7 Å². The van der Waals surface area contributed by atoms with Crippen molar-refractivity contribution in [2.75, 3.05) is 5.32 Å². The summed E-state index contributed by atoms with van der Waals surface area (Å²) in [6.07, 6.45) is -1.59. The zero-order valence-corrected chi connectivity index (χ0v) is 22.8. The van der Waals surface area contributed by atoms with Gasteiger partial charge >= 0.3 is 6.18 Å². The molecule has 4 heterocycles. The van der Waals surface area contributed by atoms with Crippen molar-refractivity contribution < 1.29 is 36.6 Å². The third-order valence-electron chi connectivity index (χ3n) is 8.62. The summed E-state index contributed by atoms with van der Waals surface area (Å²) >= 11 is 0.778. The van der Waals surface area contributed by atoms with E-state index in [0.29, 0.717) is 32.1 Å². The standard InChI is InChI=1S/C27H30F5N5O3S/c28-23(29)17-10-19(35-22(12-1-2-12)27(30,31)32)33-11-18(17)21-20(26(40)37-14-4-5-15(37)7-6-14)36-25(41-21)24(39)34-13-3-8-16(38)9-13/h10-16,22-23,38H,1-9H2,(H,33,35)(H,34,39)/t13-,14-,15+,16-,22-/m0/s1. The van der Waals surface area contributed by atoms with Crippen LogP contribution in [0.2, 0.25) is 0 Å². The molecule has 0 spiro atoms. The third kappa shape index (κ3) is 5.64. The Hall–Kier alpha value is -2.87. The van der Waals surface area contributed by atoms with Gasteiger partial charge in [-0.2, -0.15) is 13.2 Å². The number of aromatic nitrogens is 2. The number of nitrogens with one attached hydrogen (secondary N) is 2. The van der Waals surface area contributed by atoms with Crippen LogP contribution in [0.25, 0.3) is 10.4 Å². The van der Waals surface area contributed by atoms with Gasteiger partial charge in [-0.15, -0.1) is 11.3 Å². The normalized spacial score (nSPS) is 26.6. The van der Waals surface area contributed by atoms with Gasteiger partial charge in [0.2, 0.25) is 0 Å². The number of nitrogens with zero attached hydrogens (tertiary/aromatic N) is 3. The lowest BCUT2D eigenvalue weighted by Crippen LogP contribution is -2.38. The number of rotatable bonds is 8. The number of thiazole rings is 1. The molecule has 2 saturated heterocycles. The van der Waals surface area contributed by atoms with Gasteiger partial charge in [0.05, 0.1) is 11.0 Å². The van der Waals surface area contributed by atoms with E-state index in [1.54, 1.807) is 4.90 Å². The Balaban J connectivity index is 1.36. The number of alkyl halides is 5. The molecule has 2 bridgehead atoms. The predicted octanol–water partition coefficient (Wildman–Crippen LogP) is 5.31. The van der Waals surface area contributed by atoms with Gasteiger partial charge in [-0.1, -0.05) is 0 Å². The van der Waals surface area contributed by atoms with Crippen LogP contribution in [0.3, 0.4) is 0 Å². The highest BCUT2D eigenvalue weighted by atomic mass is 32.1. The monoisotopic (exact) mass is 599 g/mol. The molecular weight excluding hydrogens is 569 g/mol. The molecule has 2 aromatic rings. The van der Waals surface area contributed by atoms with Crippen molar-refractivity contribution in [3.63, 3.8) is 0 Å². The number of aliphatic hydroxyl groups is 1. The molecule has 6 rings (SSSR count). The first-order valence-electron chi connectivity index (χ1n) is 13.9. The smallest absolute Gasteiger partial charge is 0.393 e. The van der Waals surface area contributed by atoms with E-state index in [0.717, 1.165) is 49.3 Å². The molecular formula is C27H30F5N5O3S. The minimum absolute atomic E-state index is 0.0142. The lowest BCUT2D eigenvalue weighted by molar-refractivity contribution is -0.146. The number of carbonyl (C=O) groups excluding carboxylic acids is 2. The number of carbonyl (C=O) groups is 2. The van der Waals surface area contributed by atoms with Crippen molar-refractivity contribution in [3.8, 4) is 10.4 Å². The molecule has 3 atom stereocenters. The molecule has 2 amide bonds. The molecule has 2 aliphatic heterocycles. The maximum Gasteiger partial charge on any atom is 0.408 e. The van der Waals surface area contributed by atoms with Crippen molar-refractivity contribution in [1.82, 2.24) is 20.2 Å². The van der Waals surface area contributed by atoms with Crippen LogP contribution in [0.1, 0.15) is 90.1 Å². The van der Waals surface area contributed by atoms with Crippen LogP contribution in [0.5, 0.6) is 0 Å². The van der Waals surface area contributed by atoms with Crippen molar-refractivity contribution in [2.24, 2.45) is 5.92 Å². The zero-order valence-electron chi connectivity index (χ0n) is 22.0. The fourth-order valence-electron chi connectivity index (χ4n) is 6.42. The molecule has 41 heavy (non-hydrogen) atoms. The number of fused-ring (bicyclic) bond motifs is 2. The van der Waals surface area contributed by atoms with E-state index in [1.165, 1.54) is 0 Å². The van der Waals surface area contributed by atoms with Gasteiger partial charge in [0.1, 0.15) is 17.6 Å². The van der Waals surface area contributed by atoms with Crippen molar-refractivity contribution >= 4 is 29.0 Å². The maximum absolute atomic E-state index is 14.4. The molecule has 8 nitrogen and oxygen atoms in total. The molecule has 4 fully saturated rings. The molecule has 0 radical (unpaired) electrons. The fourth-order valence-corrected chi connectivity index (χ4v) is 7.42. The number of amides is 2. The Morgan fingerprint density at radius 2 is 1.73 bits per heavy atom. The molecule has 3 N–H and O–H groups in total. The molecule has 2 aromatic heterocycles. The van der Waals surface area contributed by atoms with Crippen LogP contribution in [0.4, 0.5) is 27.8 Å². The fraction of sp³-hybridized carbons (Fsp3) is 0.630. The number of anilines is 1. The molecule has 14 heteroatoms. The van der Waals surface area contributed by atoms with Gasteiger partial charge in [-0.3, -0.25) is 9.59 Å². The van der Waals surface area contributed by atoms with Crippen LogP contribution >= 0.6 is 11.3 Å². The lowest BCUT2D eigenvalue weighted by Gasteiger charge is -2.23. The number of halogens is 5. The van der Waals surface area contributed by atoms with Crippen LogP contribution < -0.4 is 10.6 Å². The maximum atomic E-state index is 14.4. The summed E-state index contributed by atoms with van der Waals surface area (Å²) in [6, 6.07) is -1.27. The lowest BCUT2D eigenvalue weighted by atomic mass is 10.0. The Kier molecular flexibility index (Phi) is 7.41. The Morgan fingerprint density at radius 3 is 2.29 bits per heavy atom. The number of aliphatic hydroxyl groups excluding tert-OH is 1. The second-order valence-electron chi connectivity index (χ2n) is 11.5. The quantitative estimate of drug-likeness (QED) is 0.356. The minimum atomic E-state index is -4.57. The van der Waals surface area contributed by atoms with E-state index in [1.807, 2.05) is 0 Å². The number of pyridine rings is 1. The molecule has 2 aliphatic carbocycles. The highest BCUT2D eigenvalue weighted by Crippen LogP contribution is 2.44. The van der Waals surface area contributed by atoms with E-state index in [9.17, 15) is 36.6 Å². The Bertz CT molecular complexity index is 1310. The van der Waals surface area contributed by atoms with Crippen molar-refractivity contribution in [1.29, 1.82) is 0 Å². The van der Waals surface area contributed by atoms with E-state index < -0.39 is 48.0 Å². The first kappa shape index (κ1) is 28.3. The summed E-state index contributed by atoms with van der Waals surface area (Å²) in [4.78, 5) is 37.0. The van der Waals surface area contributed by atoms with Crippen molar-refractivity contribution in [3.05, 3.63) is 28.5 Å². The Morgan fingerprint density at radius 1 is 1.05 bits per heavy atom. The van der Waals surface area contributed by atoms with E-state index >= 15 is 0 Å². The van der Waals surface area contributed by atoms with Crippen molar-refractivity contribution in [2.45, 2.75) is 101 Å². The second kappa shape index (κ2) is 10.8. The minimum Gasteiger partial charge on any atom is -0.393 e. The highest BCUT2D eigenvalue weighted by molar-refractivity contribution is 7.17. The third-order valence-corrected chi connectivity index (χ3v) is 9.70. The number of hydrogen-bond acceptors (Lipinski definition) is 7. The molecule has 2 saturated carbocycles. The molecule has 222 valence electrons. The second-order valence-corrected chi connectivity index (χ2v) is 12.5. The topological polar surface area (TPSA) is 107 Å². The van der Waals surface area contributed by atoms with Gasteiger partial charge in [0.15, 0.2) is 5.01 Å². The van der Waals surface area contributed by atoms with E-state index in [-0.39, 0.29) is 45.1 Å². The summed E-state index contributed by atoms with van der Waals surface area (Å²) in [7, 11) is 0. The van der Waals surface area contributed by atoms with E-state index in [2.05, 4.69) is 20.6 Å². The molecule has 0 aromatic carbocycles. The SMILES string of the molecule is O=C(N[C@H]1CC[C@H](O)C1)c1nc(C(=O)N2[C@H]3CC[C@@H]2CC3)c(-c2cnc(N[C@@H](C3CC3)C(F)(F)F)cc2C(F)F)s1. The first-order valence-corrected chi connectivity index (χ1v) is 14.8. The van der Waals surface area contributed by atoms with Gasteiger partial charge in [-0.05, 0) is 69.8 Å². The van der Waals surface area contributed by atoms with E-state index in [4.69, 9.17) is 0 Å². The van der Waals surface area contributed by atoms with Gasteiger partial charge in [0, 0.05) is 35.4 Å². The zero-order chi connectivity index (χ0) is 29.1. The molecule has 4 aliphatic rings.